The molecule has 0 N–H and O–H groups in total. The Kier molecular flexibility index (Phi) is 7.81. The summed E-state index contributed by atoms with van der Waals surface area (Å²) in [5, 5.41) is 0. The van der Waals surface area contributed by atoms with Gasteiger partial charge in [-0.25, -0.2) is 13.2 Å². The molecule has 0 unspecified atom stereocenters. The molecule has 0 aromatic heterocycles. The van der Waals surface area contributed by atoms with Crippen LogP contribution in [0.2, 0.25) is 0 Å². The lowest BCUT2D eigenvalue weighted by molar-refractivity contribution is -0.136. The summed E-state index contributed by atoms with van der Waals surface area (Å²) in [6.45, 7) is 4.04. The molecule has 0 atom stereocenters. The van der Waals surface area contributed by atoms with Crippen LogP contribution < -0.4 is 0 Å². The van der Waals surface area contributed by atoms with Gasteiger partial charge in [-0.3, -0.25) is 4.31 Å². The summed E-state index contributed by atoms with van der Waals surface area (Å²) >= 11 is 0. The van der Waals surface area contributed by atoms with Gasteiger partial charge < -0.3 is 4.74 Å². The Bertz CT molecular complexity index is 903. The van der Waals surface area contributed by atoms with Crippen LogP contribution in [0.25, 0.3) is 0 Å². The molecular weight excluding hydrogens is 374 g/mol. The number of sulfonamides is 1. The van der Waals surface area contributed by atoms with Gasteiger partial charge >= 0.3 is 5.97 Å². The van der Waals surface area contributed by atoms with Gasteiger partial charge in [-0.1, -0.05) is 61.4 Å². The molecule has 5 nitrogen and oxygen atoms in total. The maximum atomic E-state index is 13.3. The first-order valence-electron chi connectivity index (χ1n) is 9.30. The number of methoxy groups -OCH3 is 1. The van der Waals surface area contributed by atoms with Crippen molar-refractivity contribution in [1.82, 2.24) is 4.31 Å². The Morgan fingerprint density at radius 2 is 1.71 bits per heavy atom. The number of hydrogen-bond donors (Lipinski definition) is 0. The number of esters is 1. The lowest BCUT2D eigenvalue weighted by Crippen LogP contribution is -2.27. The molecule has 28 heavy (non-hydrogen) atoms. The molecule has 2 rings (SSSR count). The third kappa shape index (κ3) is 5.70. The summed E-state index contributed by atoms with van der Waals surface area (Å²) in [5.41, 5.74) is 2.15. The zero-order valence-electron chi connectivity index (χ0n) is 16.6. The standard InChI is InChI=1S/C22H27NO4S/c1-4-5-11-20(22(24)27-3)17-23(16-19-9-7-6-8-10-19)28(25,26)21-14-12-18(2)13-15-21/h6-10,12-15,17H,4-5,11,16H2,1-3H3/b20-17+. The van der Waals surface area contributed by atoms with E-state index in [1.54, 1.807) is 24.3 Å². The largest absolute Gasteiger partial charge is 0.466 e. The molecule has 0 saturated carbocycles. The number of ether oxygens (including phenoxy) is 1. The molecule has 0 radical (unpaired) electrons. The predicted octanol–water partition coefficient (Wildman–Crippen LogP) is 4.43. The lowest BCUT2D eigenvalue weighted by atomic mass is 10.1. The summed E-state index contributed by atoms with van der Waals surface area (Å²) in [6, 6.07) is 16.0. The van der Waals surface area contributed by atoms with Gasteiger partial charge in [0.15, 0.2) is 0 Å². The second-order valence-corrected chi connectivity index (χ2v) is 8.49. The van der Waals surface area contributed by atoms with Gasteiger partial charge in [0.2, 0.25) is 0 Å². The minimum Gasteiger partial charge on any atom is -0.466 e. The van der Waals surface area contributed by atoms with Crippen LogP contribution in [0.3, 0.4) is 0 Å². The Labute approximate surface area is 167 Å². The first-order chi connectivity index (χ1) is 13.4. The van der Waals surface area contributed by atoms with E-state index < -0.39 is 16.0 Å². The van der Waals surface area contributed by atoms with Gasteiger partial charge in [-0.05, 0) is 37.5 Å². The third-order valence-corrected chi connectivity index (χ3v) is 6.08. The van der Waals surface area contributed by atoms with Crippen molar-refractivity contribution in [2.75, 3.05) is 7.11 Å². The number of hydrogen-bond acceptors (Lipinski definition) is 4. The average molecular weight is 402 g/mol. The van der Waals surface area contributed by atoms with Gasteiger partial charge in [0, 0.05) is 6.20 Å². The van der Waals surface area contributed by atoms with Crippen LogP contribution in [0.15, 0.2) is 71.3 Å². The van der Waals surface area contributed by atoms with Crippen molar-refractivity contribution in [2.24, 2.45) is 0 Å². The summed E-state index contributed by atoms with van der Waals surface area (Å²) in [6.07, 6.45) is 3.53. The first kappa shape index (κ1) is 21.7. The number of benzene rings is 2. The maximum absolute atomic E-state index is 13.3. The molecule has 0 spiro atoms. The number of aryl methyl sites for hydroxylation is 1. The van der Waals surface area contributed by atoms with Gasteiger partial charge in [-0.2, -0.15) is 0 Å². The van der Waals surface area contributed by atoms with E-state index in [4.69, 9.17) is 4.74 Å². The van der Waals surface area contributed by atoms with Crippen molar-refractivity contribution in [3.63, 3.8) is 0 Å². The third-order valence-electron chi connectivity index (χ3n) is 4.36. The van der Waals surface area contributed by atoms with E-state index in [1.165, 1.54) is 17.6 Å². The van der Waals surface area contributed by atoms with E-state index in [0.29, 0.717) is 12.0 Å². The molecule has 0 aliphatic carbocycles. The molecule has 0 heterocycles. The zero-order chi connectivity index (χ0) is 20.6. The highest BCUT2D eigenvalue weighted by atomic mass is 32.2. The first-order valence-corrected chi connectivity index (χ1v) is 10.7. The minimum absolute atomic E-state index is 0.129. The van der Waals surface area contributed by atoms with E-state index in [2.05, 4.69) is 0 Å². The molecule has 0 fully saturated rings. The molecule has 0 amide bonds. The summed E-state index contributed by atoms with van der Waals surface area (Å²) < 4.78 is 32.7. The fraction of sp³-hybridized carbons (Fsp3) is 0.318. The molecule has 6 heteroatoms. The quantitative estimate of drug-likeness (QED) is 0.460. The normalized spacial score (nSPS) is 11.9. The lowest BCUT2D eigenvalue weighted by Gasteiger charge is -2.22. The summed E-state index contributed by atoms with van der Waals surface area (Å²) in [7, 11) is -2.52. The van der Waals surface area contributed by atoms with Gasteiger partial charge in [0.05, 0.1) is 24.1 Å². The Morgan fingerprint density at radius 1 is 1.07 bits per heavy atom. The highest BCUT2D eigenvalue weighted by molar-refractivity contribution is 7.89. The maximum Gasteiger partial charge on any atom is 0.335 e. The van der Waals surface area contributed by atoms with Gasteiger partial charge in [-0.15, -0.1) is 0 Å². The minimum atomic E-state index is -3.83. The second kappa shape index (κ2) is 10.1. The molecular formula is C22H27NO4S. The number of nitrogens with zero attached hydrogens (tertiary/aromatic N) is 1. The highest BCUT2D eigenvalue weighted by Gasteiger charge is 2.24. The average Bonchev–Trinajstić information content (AvgIpc) is 2.70. The van der Waals surface area contributed by atoms with Crippen LogP contribution in [-0.4, -0.2) is 25.8 Å². The SMILES string of the molecule is CCCC/C(=C\N(Cc1ccccc1)S(=O)(=O)c1ccc(C)cc1)C(=O)OC. The molecule has 0 aliphatic rings. The van der Waals surface area contributed by atoms with E-state index in [9.17, 15) is 13.2 Å². The highest BCUT2D eigenvalue weighted by Crippen LogP contribution is 2.22. The summed E-state index contributed by atoms with van der Waals surface area (Å²) in [4.78, 5) is 12.4. The van der Waals surface area contributed by atoms with Crippen LogP contribution in [0.5, 0.6) is 0 Å². The topological polar surface area (TPSA) is 63.7 Å². The van der Waals surface area contributed by atoms with E-state index >= 15 is 0 Å². The molecule has 150 valence electrons. The van der Waals surface area contributed by atoms with Gasteiger partial charge in [0.1, 0.15) is 0 Å². The molecule has 0 saturated heterocycles. The Balaban J connectivity index is 2.50. The van der Waals surface area contributed by atoms with Crippen LogP contribution >= 0.6 is 0 Å². The number of rotatable bonds is 9. The molecule has 0 bridgehead atoms. The van der Waals surface area contributed by atoms with Crippen molar-refractivity contribution in [1.29, 1.82) is 0 Å². The van der Waals surface area contributed by atoms with Crippen LogP contribution in [0, 0.1) is 6.92 Å². The Morgan fingerprint density at radius 3 is 2.29 bits per heavy atom. The molecule has 0 aliphatic heterocycles. The zero-order valence-corrected chi connectivity index (χ0v) is 17.4. The predicted molar refractivity (Wildman–Crippen MR) is 110 cm³/mol. The fourth-order valence-corrected chi connectivity index (χ4v) is 4.04. The van der Waals surface area contributed by atoms with Crippen molar-refractivity contribution in [3.8, 4) is 0 Å². The van der Waals surface area contributed by atoms with E-state index in [1.807, 2.05) is 44.2 Å². The van der Waals surface area contributed by atoms with Crippen molar-refractivity contribution < 1.29 is 17.9 Å². The molecule has 2 aromatic carbocycles. The van der Waals surface area contributed by atoms with Crippen molar-refractivity contribution in [3.05, 3.63) is 77.5 Å². The number of unbranched alkanes of at least 4 members (excludes halogenated alkanes) is 1. The van der Waals surface area contributed by atoms with Crippen molar-refractivity contribution >= 4 is 16.0 Å². The molecule has 2 aromatic rings. The fourth-order valence-electron chi connectivity index (χ4n) is 2.70. The van der Waals surface area contributed by atoms with Crippen molar-refractivity contribution in [2.45, 2.75) is 44.6 Å². The smallest absolute Gasteiger partial charge is 0.335 e. The van der Waals surface area contributed by atoms with Crippen LogP contribution in [0.4, 0.5) is 0 Å². The second-order valence-electron chi connectivity index (χ2n) is 6.60. The summed E-state index contributed by atoms with van der Waals surface area (Å²) in [5.74, 6) is -0.509. The monoisotopic (exact) mass is 401 g/mol. The van der Waals surface area contributed by atoms with E-state index in [-0.39, 0.29) is 11.4 Å². The van der Waals surface area contributed by atoms with Crippen LogP contribution in [0.1, 0.15) is 37.3 Å². The van der Waals surface area contributed by atoms with Crippen LogP contribution in [-0.2, 0) is 26.1 Å². The van der Waals surface area contributed by atoms with Gasteiger partial charge in [0.25, 0.3) is 10.0 Å². The number of carbonyl (C=O) groups is 1. The van der Waals surface area contributed by atoms with E-state index in [0.717, 1.165) is 24.0 Å². The number of carbonyl (C=O) groups excluding carboxylic acids is 1. The Hall–Kier alpha value is -2.60.